The van der Waals surface area contributed by atoms with E-state index in [1.807, 2.05) is 37.3 Å². The average molecular weight is 455 g/mol. The number of rotatable bonds is 12. The number of alkyl halides is 1. The predicted octanol–water partition coefficient (Wildman–Crippen LogP) is 3.98. The highest BCUT2D eigenvalue weighted by Gasteiger charge is 2.22. The summed E-state index contributed by atoms with van der Waals surface area (Å²) in [4.78, 5) is 24.1. The molecule has 33 heavy (non-hydrogen) atoms. The van der Waals surface area contributed by atoms with Gasteiger partial charge in [0, 0.05) is 12.1 Å². The van der Waals surface area contributed by atoms with Crippen LogP contribution in [0.1, 0.15) is 58.3 Å². The van der Waals surface area contributed by atoms with Crippen LogP contribution in [0.2, 0.25) is 0 Å². The second-order valence-electron chi connectivity index (χ2n) is 7.42. The third kappa shape index (κ3) is 6.15. The number of carboxylic acids is 1. The molecule has 2 N–H and O–H groups in total. The van der Waals surface area contributed by atoms with E-state index in [4.69, 9.17) is 4.74 Å². The van der Waals surface area contributed by atoms with Crippen LogP contribution in [-0.4, -0.2) is 45.2 Å². The molecule has 0 bridgehead atoms. The summed E-state index contributed by atoms with van der Waals surface area (Å²) in [5.74, 6) is -1.06. The van der Waals surface area contributed by atoms with Crippen molar-refractivity contribution >= 4 is 11.9 Å². The number of carboxylic acid groups (broad SMARTS) is 1. The summed E-state index contributed by atoms with van der Waals surface area (Å²) in [5, 5.41) is 20.2. The Balaban J connectivity index is 1.99. The van der Waals surface area contributed by atoms with Crippen molar-refractivity contribution in [3.05, 3.63) is 71.0 Å². The highest BCUT2D eigenvalue weighted by atomic mass is 19.1. The average Bonchev–Trinajstić information content (AvgIpc) is 3.25. The third-order valence-electron chi connectivity index (χ3n) is 5.04. The molecule has 0 radical (unpaired) electrons. The van der Waals surface area contributed by atoms with E-state index >= 15 is 0 Å². The summed E-state index contributed by atoms with van der Waals surface area (Å²) in [7, 11) is 0. The van der Waals surface area contributed by atoms with Crippen LogP contribution >= 0.6 is 0 Å². The molecule has 0 spiro atoms. The normalized spacial score (nSPS) is 10.7. The minimum atomic E-state index is -1.19. The van der Waals surface area contributed by atoms with Crippen LogP contribution in [-0.2, 0) is 13.0 Å². The van der Waals surface area contributed by atoms with E-state index in [-0.39, 0.29) is 18.2 Å². The summed E-state index contributed by atoms with van der Waals surface area (Å²) >= 11 is 0. The maximum Gasteiger partial charge on any atom is 0.358 e. The lowest BCUT2D eigenvalue weighted by molar-refractivity contribution is 0.0688. The van der Waals surface area contributed by atoms with Gasteiger partial charge in [0.05, 0.1) is 12.4 Å². The van der Waals surface area contributed by atoms with Crippen molar-refractivity contribution in [2.24, 2.45) is 0 Å². The Morgan fingerprint density at radius 3 is 2.61 bits per heavy atom. The van der Waals surface area contributed by atoms with Crippen LogP contribution in [0.4, 0.5) is 4.39 Å². The minimum absolute atomic E-state index is 0.155. The molecule has 1 aromatic heterocycles. The number of nitrogens with zero attached hydrogens (tertiary/aromatic N) is 3. The number of unbranched alkanes of at least 4 members (excludes halogenated alkanes) is 2. The van der Waals surface area contributed by atoms with Gasteiger partial charge in [0.2, 0.25) is 0 Å². The molecule has 9 heteroatoms. The van der Waals surface area contributed by atoms with E-state index in [1.165, 1.54) is 4.68 Å². The lowest BCUT2D eigenvalue weighted by atomic mass is 10.1. The molecule has 0 aliphatic carbocycles. The Bertz CT molecular complexity index is 1090. The molecule has 1 amide bonds. The van der Waals surface area contributed by atoms with Gasteiger partial charge in [-0.25, -0.2) is 9.48 Å². The Morgan fingerprint density at radius 2 is 1.91 bits per heavy atom. The van der Waals surface area contributed by atoms with Gasteiger partial charge in [-0.1, -0.05) is 42.0 Å². The van der Waals surface area contributed by atoms with Crippen molar-refractivity contribution in [3.63, 3.8) is 0 Å². The van der Waals surface area contributed by atoms with Crippen LogP contribution < -0.4 is 10.1 Å². The van der Waals surface area contributed by atoms with Crippen LogP contribution in [0.5, 0.6) is 5.75 Å². The first-order chi connectivity index (χ1) is 16.0. The Labute approximate surface area is 191 Å². The molecule has 3 rings (SSSR count). The van der Waals surface area contributed by atoms with Crippen molar-refractivity contribution in [1.82, 2.24) is 20.3 Å². The number of aromatic carboxylic acids is 1. The number of carbonyl (C=O) groups excluding carboxylic acids is 1. The predicted molar refractivity (Wildman–Crippen MR) is 121 cm³/mol. The molecule has 174 valence electrons. The lowest BCUT2D eigenvalue weighted by Crippen LogP contribution is -2.22. The standard InChI is InChI=1S/C24H27FN4O4/c1-2-26-23(30)18-12-13-19(21(15-18)33-16-17-9-5-3-6-10-17)29-20(11-7-4-8-14-25)22(24(31)32)27-28-29/h3,5-6,9-10,12-13,15H,2,4,7-8,11,14,16H2,1H3,(H,26,30)(H,31,32). The second kappa shape index (κ2) is 11.8. The highest BCUT2D eigenvalue weighted by Crippen LogP contribution is 2.28. The van der Waals surface area contributed by atoms with Crippen LogP contribution in [0.15, 0.2) is 48.5 Å². The maximum atomic E-state index is 12.5. The number of nitrogens with one attached hydrogen (secondary N) is 1. The summed E-state index contributed by atoms with van der Waals surface area (Å²) < 4.78 is 20.0. The van der Waals surface area contributed by atoms with E-state index in [9.17, 15) is 19.1 Å². The van der Waals surface area contributed by atoms with Crippen LogP contribution in [0, 0.1) is 0 Å². The lowest BCUT2D eigenvalue weighted by Gasteiger charge is -2.15. The second-order valence-corrected chi connectivity index (χ2v) is 7.42. The molecule has 2 aromatic carbocycles. The van der Waals surface area contributed by atoms with Crippen molar-refractivity contribution in [2.75, 3.05) is 13.2 Å². The largest absolute Gasteiger partial charge is 0.487 e. The van der Waals surface area contributed by atoms with Crippen LogP contribution in [0.25, 0.3) is 5.69 Å². The zero-order valence-corrected chi connectivity index (χ0v) is 18.5. The summed E-state index contributed by atoms with van der Waals surface area (Å²) in [6, 6.07) is 14.4. The number of carbonyl (C=O) groups is 2. The van der Waals surface area contributed by atoms with Gasteiger partial charge in [-0.2, -0.15) is 0 Å². The number of benzene rings is 2. The highest BCUT2D eigenvalue weighted by molar-refractivity contribution is 5.95. The summed E-state index contributed by atoms with van der Waals surface area (Å²) in [6.07, 6.45) is 1.99. The van der Waals surface area contributed by atoms with Gasteiger partial charge in [0.15, 0.2) is 5.69 Å². The number of amides is 1. The molecule has 0 aliphatic heterocycles. The molecule has 3 aromatic rings. The first-order valence-corrected chi connectivity index (χ1v) is 10.9. The minimum Gasteiger partial charge on any atom is -0.487 e. The molecule has 0 saturated heterocycles. The monoisotopic (exact) mass is 454 g/mol. The molecule has 8 nitrogen and oxygen atoms in total. The van der Waals surface area contributed by atoms with Gasteiger partial charge in [-0.15, -0.1) is 5.10 Å². The van der Waals surface area contributed by atoms with Crippen molar-refractivity contribution in [1.29, 1.82) is 0 Å². The van der Waals surface area contributed by atoms with Gasteiger partial charge in [0.25, 0.3) is 5.91 Å². The zero-order valence-electron chi connectivity index (χ0n) is 18.5. The fourth-order valence-electron chi connectivity index (χ4n) is 3.39. The van der Waals surface area contributed by atoms with E-state index in [1.54, 1.807) is 18.2 Å². The number of hydrogen-bond donors (Lipinski definition) is 2. The Morgan fingerprint density at radius 1 is 1.12 bits per heavy atom. The fraction of sp³-hybridized carbons (Fsp3) is 0.333. The first-order valence-electron chi connectivity index (χ1n) is 10.9. The smallest absolute Gasteiger partial charge is 0.358 e. The third-order valence-corrected chi connectivity index (χ3v) is 5.04. The number of ether oxygens (including phenoxy) is 1. The fourth-order valence-corrected chi connectivity index (χ4v) is 3.39. The van der Waals surface area contributed by atoms with Gasteiger partial charge < -0.3 is 15.2 Å². The number of halogens is 1. The van der Waals surface area contributed by atoms with Gasteiger partial charge >= 0.3 is 5.97 Å². The quantitative estimate of drug-likeness (QED) is 0.401. The Hall–Kier alpha value is -3.75. The van der Waals surface area contributed by atoms with E-state index < -0.39 is 12.6 Å². The molecule has 1 heterocycles. The molecule has 0 unspecified atom stereocenters. The SMILES string of the molecule is CCNC(=O)c1ccc(-n2nnc(C(=O)O)c2CCCCCF)c(OCc2ccccc2)c1. The van der Waals surface area contributed by atoms with Gasteiger partial charge in [-0.3, -0.25) is 9.18 Å². The van der Waals surface area contributed by atoms with Gasteiger partial charge in [-0.05, 0) is 49.9 Å². The number of hydrogen-bond acceptors (Lipinski definition) is 5. The molecular formula is C24H27FN4O4. The first kappa shape index (κ1) is 23.9. The summed E-state index contributed by atoms with van der Waals surface area (Å²) in [6.45, 7) is 2.15. The van der Waals surface area contributed by atoms with E-state index in [0.29, 0.717) is 54.9 Å². The van der Waals surface area contributed by atoms with Crippen molar-refractivity contribution in [2.45, 2.75) is 39.2 Å². The maximum absolute atomic E-state index is 12.5. The van der Waals surface area contributed by atoms with E-state index in [2.05, 4.69) is 15.6 Å². The molecule has 0 aliphatic rings. The molecule has 0 atom stereocenters. The van der Waals surface area contributed by atoms with Gasteiger partial charge in [0.1, 0.15) is 18.0 Å². The zero-order chi connectivity index (χ0) is 23.6. The van der Waals surface area contributed by atoms with Crippen molar-refractivity contribution < 1.29 is 23.8 Å². The topological polar surface area (TPSA) is 106 Å². The molecule has 0 saturated carbocycles. The molecule has 0 fully saturated rings. The van der Waals surface area contributed by atoms with Crippen molar-refractivity contribution in [3.8, 4) is 11.4 Å². The summed E-state index contributed by atoms with van der Waals surface area (Å²) in [5.41, 5.74) is 2.06. The molecular weight excluding hydrogens is 427 g/mol. The Kier molecular flexibility index (Phi) is 8.51. The van der Waals surface area contributed by atoms with Crippen LogP contribution in [0.3, 0.4) is 0 Å². The van der Waals surface area contributed by atoms with E-state index in [0.717, 1.165) is 5.56 Å². The number of aromatic nitrogens is 3.